The lowest BCUT2D eigenvalue weighted by molar-refractivity contribution is -0.119. The number of aryl methyl sites for hydroxylation is 1. The number of rotatable bonds is 5. The summed E-state index contributed by atoms with van der Waals surface area (Å²) in [7, 11) is 1.70. The van der Waals surface area contributed by atoms with Crippen LogP contribution in [0.1, 0.15) is 11.1 Å². The molecule has 0 radical (unpaired) electrons. The lowest BCUT2D eigenvalue weighted by Gasteiger charge is -2.24. The molecule has 2 aromatic heterocycles. The van der Waals surface area contributed by atoms with E-state index in [1.807, 2.05) is 42.5 Å². The number of hydrogen-bond donors (Lipinski definition) is 0. The van der Waals surface area contributed by atoms with Crippen LogP contribution in [-0.4, -0.2) is 25.2 Å². The number of hydrogen-bond acceptors (Lipinski definition) is 4. The Morgan fingerprint density at radius 3 is 2.71 bits per heavy atom. The highest BCUT2D eigenvalue weighted by atomic mass is 79.9. The van der Waals surface area contributed by atoms with Crippen LogP contribution in [-0.2, 0) is 24.9 Å². The van der Waals surface area contributed by atoms with E-state index in [2.05, 4.69) is 31.9 Å². The molecule has 0 N–H and O–H groups in total. The van der Waals surface area contributed by atoms with Gasteiger partial charge in [-0.3, -0.25) is 14.2 Å². The van der Waals surface area contributed by atoms with Crippen LogP contribution in [0.2, 0.25) is 0 Å². The molecule has 0 aliphatic rings. The molecule has 0 atom stereocenters. The summed E-state index contributed by atoms with van der Waals surface area (Å²) < 4.78 is 3.20. The van der Waals surface area contributed by atoms with Gasteiger partial charge in [0.2, 0.25) is 5.91 Å². The highest BCUT2D eigenvalue weighted by Gasteiger charge is 2.20. The zero-order chi connectivity index (χ0) is 22.0. The number of nitrogens with zero attached hydrogens (tertiary/aromatic N) is 5. The van der Waals surface area contributed by atoms with Gasteiger partial charge >= 0.3 is 0 Å². The van der Waals surface area contributed by atoms with Gasteiger partial charge in [0.1, 0.15) is 22.9 Å². The van der Waals surface area contributed by atoms with Crippen LogP contribution in [0.5, 0.6) is 0 Å². The molecule has 1 amide bonds. The number of terminal acetylenes is 1. The first-order valence-corrected chi connectivity index (χ1v) is 10.3. The lowest BCUT2D eigenvalue weighted by Crippen LogP contribution is -2.36. The Labute approximate surface area is 187 Å². The third kappa shape index (κ3) is 4.13. The van der Waals surface area contributed by atoms with Crippen molar-refractivity contribution in [3.8, 4) is 12.3 Å². The Bertz CT molecular complexity index is 1370. The van der Waals surface area contributed by atoms with Gasteiger partial charge in [0.15, 0.2) is 5.65 Å². The predicted molar refractivity (Wildman–Crippen MR) is 122 cm³/mol. The van der Waals surface area contributed by atoms with E-state index in [-0.39, 0.29) is 18.0 Å². The van der Waals surface area contributed by atoms with Crippen molar-refractivity contribution < 1.29 is 4.79 Å². The fourth-order valence-electron chi connectivity index (χ4n) is 3.33. The quantitative estimate of drug-likeness (QED) is 0.415. The Hall–Kier alpha value is -3.70. The highest BCUT2D eigenvalue weighted by molar-refractivity contribution is 9.10. The number of carbonyl (C=O) groups excluding carboxylic acids is 1. The number of aromatic nitrogens is 4. The number of amides is 1. The van der Waals surface area contributed by atoms with Crippen LogP contribution in [0, 0.1) is 12.3 Å². The van der Waals surface area contributed by atoms with Gasteiger partial charge in [0, 0.05) is 18.3 Å². The summed E-state index contributed by atoms with van der Waals surface area (Å²) in [5.74, 6) is 2.33. The molecule has 2 heterocycles. The highest BCUT2D eigenvalue weighted by Crippen LogP contribution is 2.20. The Morgan fingerprint density at radius 1 is 1.19 bits per heavy atom. The first-order valence-electron chi connectivity index (χ1n) is 9.46. The van der Waals surface area contributed by atoms with E-state index in [1.54, 1.807) is 24.1 Å². The van der Waals surface area contributed by atoms with Gasteiger partial charge in [0.25, 0.3) is 5.56 Å². The maximum absolute atomic E-state index is 13.3. The molecule has 4 rings (SSSR count). The van der Waals surface area contributed by atoms with E-state index < -0.39 is 0 Å². The molecule has 0 aliphatic carbocycles. The minimum Gasteiger partial charge on any atom is -0.306 e. The molecular formula is C23H18BrN5O2. The summed E-state index contributed by atoms with van der Waals surface area (Å²) >= 11 is 3.30. The zero-order valence-corrected chi connectivity index (χ0v) is 18.3. The van der Waals surface area contributed by atoms with Crippen LogP contribution in [0.3, 0.4) is 0 Å². The van der Waals surface area contributed by atoms with Crippen molar-refractivity contribution in [2.45, 2.75) is 13.1 Å². The Kier molecular flexibility index (Phi) is 5.69. The fourth-order valence-corrected chi connectivity index (χ4v) is 3.92. The number of halogens is 1. The average Bonchev–Trinajstić information content (AvgIpc) is 3.08. The van der Waals surface area contributed by atoms with Gasteiger partial charge in [-0.2, -0.15) is 5.10 Å². The molecule has 7 nitrogen and oxygen atoms in total. The molecule has 0 unspecified atom stereocenters. The maximum atomic E-state index is 13.3. The van der Waals surface area contributed by atoms with E-state index in [9.17, 15) is 9.59 Å². The zero-order valence-electron chi connectivity index (χ0n) is 16.7. The van der Waals surface area contributed by atoms with Crippen LogP contribution in [0.15, 0.2) is 70.3 Å². The summed E-state index contributed by atoms with van der Waals surface area (Å²) in [5, 5.41) is 4.51. The smallest absolute Gasteiger partial charge is 0.266 e. The molecule has 0 saturated carbocycles. The van der Waals surface area contributed by atoms with E-state index in [0.29, 0.717) is 33.4 Å². The average molecular weight is 476 g/mol. The van der Waals surface area contributed by atoms with E-state index in [1.165, 1.54) is 15.6 Å². The van der Waals surface area contributed by atoms with Gasteiger partial charge in [-0.25, -0.2) is 9.67 Å². The second-order valence-corrected chi connectivity index (χ2v) is 7.70. The Morgan fingerprint density at radius 2 is 1.97 bits per heavy atom. The minimum absolute atomic E-state index is 0.170. The summed E-state index contributed by atoms with van der Waals surface area (Å²) in [5.41, 5.74) is 2.40. The molecule has 4 aromatic rings. The van der Waals surface area contributed by atoms with Gasteiger partial charge in [-0.05, 0) is 39.7 Å². The van der Waals surface area contributed by atoms with Crippen molar-refractivity contribution in [2.24, 2.45) is 7.05 Å². The summed E-state index contributed by atoms with van der Waals surface area (Å²) in [6.45, 7) is 0.172. The molecule has 0 aliphatic heterocycles. The van der Waals surface area contributed by atoms with Crippen LogP contribution < -0.4 is 10.5 Å². The van der Waals surface area contributed by atoms with E-state index >= 15 is 0 Å². The van der Waals surface area contributed by atoms with Crippen molar-refractivity contribution in [1.82, 2.24) is 19.3 Å². The third-order valence-electron chi connectivity index (χ3n) is 4.88. The van der Waals surface area contributed by atoms with Crippen LogP contribution in [0.25, 0.3) is 11.0 Å². The van der Waals surface area contributed by atoms with Gasteiger partial charge in [0.05, 0.1) is 6.54 Å². The minimum atomic E-state index is -0.338. The Balaban J connectivity index is 1.71. The number of benzene rings is 2. The first-order chi connectivity index (χ1) is 15.0. The fraction of sp³-hybridized carbons (Fsp3) is 0.130. The van der Waals surface area contributed by atoms with Crippen LogP contribution >= 0.6 is 15.9 Å². The standard InChI is InChI=1S/C23H18BrN5O2/c1-3-16-10-7-11-18(12-16)29(13-17-8-5-4-6-9-17)19(30)14-28-15-25-22-20(23(28)31)21(24)26-27(22)2/h1,4-12,15H,13-14H2,2H3. The summed E-state index contributed by atoms with van der Waals surface area (Å²) in [6, 6.07) is 16.8. The molecule has 2 aromatic carbocycles. The van der Waals surface area contributed by atoms with Crippen molar-refractivity contribution in [1.29, 1.82) is 0 Å². The molecule has 154 valence electrons. The number of anilines is 1. The largest absolute Gasteiger partial charge is 0.306 e. The molecule has 0 saturated heterocycles. The van der Waals surface area contributed by atoms with E-state index in [0.717, 1.165) is 5.56 Å². The molecule has 0 bridgehead atoms. The lowest BCUT2D eigenvalue weighted by atomic mass is 10.1. The summed E-state index contributed by atoms with van der Waals surface area (Å²) in [6.07, 6.45) is 6.91. The van der Waals surface area contributed by atoms with Gasteiger partial charge < -0.3 is 4.90 Å². The second-order valence-electron chi connectivity index (χ2n) is 6.95. The van der Waals surface area contributed by atoms with Gasteiger partial charge in [-0.15, -0.1) is 6.42 Å². The first kappa shape index (κ1) is 20.6. The molecule has 8 heteroatoms. The molecular weight excluding hydrogens is 458 g/mol. The van der Waals surface area contributed by atoms with E-state index in [4.69, 9.17) is 6.42 Å². The van der Waals surface area contributed by atoms with Crippen molar-refractivity contribution >= 4 is 38.6 Å². The monoisotopic (exact) mass is 475 g/mol. The second kappa shape index (κ2) is 8.58. The third-order valence-corrected chi connectivity index (χ3v) is 5.44. The molecule has 0 spiro atoms. The number of fused-ring (bicyclic) bond motifs is 1. The predicted octanol–water partition coefficient (Wildman–Crippen LogP) is 3.11. The topological polar surface area (TPSA) is 73.0 Å². The van der Waals surface area contributed by atoms with Crippen molar-refractivity contribution in [2.75, 3.05) is 4.90 Å². The van der Waals surface area contributed by atoms with Gasteiger partial charge in [-0.1, -0.05) is 42.3 Å². The molecule has 0 fully saturated rings. The normalized spacial score (nSPS) is 10.7. The molecule has 31 heavy (non-hydrogen) atoms. The van der Waals surface area contributed by atoms with Crippen molar-refractivity contribution in [3.63, 3.8) is 0 Å². The van der Waals surface area contributed by atoms with Crippen molar-refractivity contribution in [3.05, 3.63) is 87.0 Å². The van der Waals surface area contributed by atoms with Crippen LogP contribution in [0.4, 0.5) is 5.69 Å². The number of carbonyl (C=O) groups is 1. The maximum Gasteiger partial charge on any atom is 0.266 e. The SMILES string of the molecule is C#Cc1cccc(N(Cc2ccccc2)C(=O)Cn2cnc3c(c(Br)nn3C)c2=O)c1. The summed E-state index contributed by atoms with van der Waals surface area (Å²) in [4.78, 5) is 32.2.